The van der Waals surface area contributed by atoms with Crippen molar-refractivity contribution in [2.24, 2.45) is 0 Å². The zero-order chi connectivity index (χ0) is 24.4. The van der Waals surface area contributed by atoms with Crippen molar-refractivity contribution < 1.29 is 14.5 Å². The van der Waals surface area contributed by atoms with E-state index in [1.807, 2.05) is 72.8 Å². The highest BCUT2D eigenvalue weighted by Crippen LogP contribution is 2.39. The fraction of sp³-hybridized carbons (Fsp3) is 0.0370. The standard InChI is InChI=1S/C27H18N2O4S2/c30-26-25(35-27(34)28(26)20-7-2-1-3-8-20)16-23-22-9-5-4-6-19(22)12-15-24(23)33-17-18-10-13-21(14-11-18)29(31)32/h1-16H,17H2/b25-16+. The third-order valence-electron chi connectivity index (χ3n) is 5.56. The lowest BCUT2D eigenvalue weighted by Crippen LogP contribution is -2.27. The molecule has 0 atom stereocenters. The van der Waals surface area contributed by atoms with Gasteiger partial charge in [-0.15, -0.1) is 0 Å². The number of thioether (sulfide) groups is 1. The fourth-order valence-corrected chi connectivity index (χ4v) is 5.10. The number of benzene rings is 4. The molecular weight excluding hydrogens is 480 g/mol. The maximum absolute atomic E-state index is 13.3. The third-order valence-corrected chi connectivity index (χ3v) is 6.86. The number of anilines is 1. The Labute approximate surface area is 211 Å². The van der Waals surface area contributed by atoms with Gasteiger partial charge in [0.1, 0.15) is 12.4 Å². The number of ether oxygens (including phenoxy) is 1. The van der Waals surface area contributed by atoms with Crippen LogP contribution in [0.5, 0.6) is 5.75 Å². The van der Waals surface area contributed by atoms with Crippen LogP contribution in [0.4, 0.5) is 11.4 Å². The second kappa shape index (κ2) is 9.69. The zero-order valence-corrected chi connectivity index (χ0v) is 19.9. The van der Waals surface area contributed by atoms with Crippen LogP contribution >= 0.6 is 24.0 Å². The van der Waals surface area contributed by atoms with Crippen LogP contribution in [0.2, 0.25) is 0 Å². The summed E-state index contributed by atoms with van der Waals surface area (Å²) >= 11 is 6.77. The number of nitro groups is 1. The van der Waals surface area contributed by atoms with Gasteiger partial charge in [-0.2, -0.15) is 0 Å². The summed E-state index contributed by atoms with van der Waals surface area (Å²) in [7, 11) is 0. The lowest BCUT2D eigenvalue weighted by Gasteiger charge is -2.14. The number of thiocarbonyl (C=S) groups is 1. The molecule has 1 fully saturated rings. The largest absolute Gasteiger partial charge is 0.488 e. The molecule has 172 valence electrons. The number of para-hydroxylation sites is 1. The number of carbonyl (C=O) groups excluding carboxylic acids is 1. The second-order valence-corrected chi connectivity index (χ2v) is 9.44. The SMILES string of the molecule is O=C1/C(=C\c2c(OCc3ccc([N+](=O)[O-])cc3)ccc3ccccc23)SC(=S)N1c1ccccc1. The highest BCUT2D eigenvalue weighted by atomic mass is 32.2. The summed E-state index contributed by atoms with van der Waals surface area (Å²) in [6, 6.07) is 27.3. The number of fused-ring (bicyclic) bond motifs is 1. The normalized spacial score (nSPS) is 14.6. The minimum absolute atomic E-state index is 0.0283. The number of nitrogens with zero attached hydrogens (tertiary/aromatic N) is 2. The number of non-ortho nitro benzene ring substituents is 1. The third kappa shape index (κ3) is 4.66. The fourth-order valence-electron chi connectivity index (χ4n) is 3.82. The molecule has 1 amide bonds. The molecule has 5 rings (SSSR count). The summed E-state index contributed by atoms with van der Waals surface area (Å²) in [6.45, 7) is 0.224. The van der Waals surface area contributed by atoms with Gasteiger partial charge < -0.3 is 4.74 Å². The van der Waals surface area contributed by atoms with E-state index < -0.39 is 4.92 Å². The minimum Gasteiger partial charge on any atom is -0.488 e. The molecule has 1 aliphatic heterocycles. The molecule has 0 N–H and O–H groups in total. The van der Waals surface area contributed by atoms with Gasteiger partial charge in [0.2, 0.25) is 0 Å². The highest BCUT2D eigenvalue weighted by molar-refractivity contribution is 8.27. The van der Waals surface area contributed by atoms with Crippen molar-refractivity contribution in [1.29, 1.82) is 0 Å². The summed E-state index contributed by atoms with van der Waals surface area (Å²) in [4.78, 5) is 25.8. The quantitative estimate of drug-likeness (QED) is 0.127. The molecule has 0 bridgehead atoms. The molecule has 0 unspecified atom stereocenters. The topological polar surface area (TPSA) is 72.7 Å². The van der Waals surface area contributed by atoms with E-state index in [4.69, 9.17) is 17.0 Å². The molecule has 35 heavy (non-hydrogen) atoms. The van der Waals surface area contributed by atoms with Gasteiger partial charge in [-0.05, 0) is 52.7 Å². The molecule has 0 saturated carbocycles. The van der Waals surface area contributed by atoms with Crippen LogP contribution in [0.3, 0.4) is 0 Å². The van der Waals surface area contributed by atoms with Gasteiger partial charge >= 0.3 is 0 Å². The molecular formula is C27H18N2O4S2. The first-order valence-electron chi connectivity index (χ1n) is 10.7. The Balaban J connectivity index is 1.50. The average molecular weight is 499 g/mol. The number of hydrogen-bond acceptors (Lipinski definition) is 6. The number of rotatable bonds is 6. The molecule has 4 aromatic carbocycles. The number of nitro benzene ring substituents is 1. The van der Waals surface area contributed by atoms with E-state index in [0.29, 0.717) is 15.0 Å². The molecule has 1 heterocycles. The van der Waals surface area contributed by atoms with Gasteiger partial charge in [-0.3, -0.25) is 19.8 Å². The van der Waals surface area contributed by atoms with Crippen molar-refractivity contribution in [2.75, 3.05) is 4.90 Å². The van der Waals surface area contributed by atoms with E-state index >= 15 is 0 Å². The maximum Gasteiger partial charge on any atom is 0.270 e. The smallest absolute Gasteiger partial charge is 0.270 e. The Kier molecular flexibility index (Phi) is 6.31. The van der Waals surface area contributed by atoms with Crippen LogP contribution in [0, 0.1) is 10.1 Å². The molecule has 1 saturated heterocycles. The Bertz CT molecular complexity index is 1480. The minimum atomic E-state index is -0.433. The van der Waals surface area contributed by atoms with Crippen LogP contribution in [0.1, 0.15) is 11.1 Å². The van der Waals surface area contributed by atoms with Crippen LogP contribution in [0.15, 0.2) is 95.9 Å². The number of carbonyl (C=O) groups is 1. The first-order chi connectivity index (χ1) is 17.0. The van der Waals surface area contributed by atoms with Gasteiger partial charge in [0.15, 0.2) is 4.32 Å². The van der Waals surface area contributed by atoms with Crippen LogP contribution in [-0.4, -0.2) is 15.2 Å². The molecule has 0 radical (unpaired) electrons. The molecule has 0 aromatic heterocycles. The Morgan fingerprint density at radius 3 is 2.40 bits per heavy atom. The Morgan fingerprint density at radius 2 is 1.66 bits per heavy atom. The van der Waals surface area contributed by atoms with Crippen molar-refractivity contribution in [2.45, 2.75) is 6.61 Å². The van der Waals surface area contributed by atoms with Gasteiger partial charge in [0.05, 0.1) is 15.5 Å². The van der Waals surface area contributed by atoms with Crippen LogP contribution in [0.25, 0.3) is 16.8 Å². The van der Waals surface area contributed by atoms with Crippen molar-refractivity contribution >= 4 is 62.4 Å². The van der Waals surface area contributed by atoms with E-state index in [-0.39, 0.29) is 18.2 Å². The molecule has 0 aliphatic carbocycles. The number of amides is 1. The van der Waals surface area contributed by atoms with E-state index in [2.05, 4.69) is 0 Å². The molecule has 0 spiro atoms. The average Bonchev–Trinajstić information content (AvgIpc) is 3.16. The lowest BCUT2D eigenvalue weighted by molar-refractivity contribution is -0.384. The summed E-state index contributed by atoms with van der Waals surface area (Å²) in [6.07, 6.45) is 1.83. The zero-order valence-electron chi connectivity index (χ0n) is 18.3. The Morgan fingerprint density at radius 1 is 0.943 bits per heavy atom. The van der Waals surface area contributed by atoms with Crippen molar-refractivity contribution in [3.05, 3.63) is 117 Å². The Hall–Kier alpha value is -4.01. The van der Waals surface area contributed by atoms with Crippen molar-refractivity contribution in [3.8, 4) is 5.75 Å². The monoisotopic (exact) mass is 498 g/mol. The summed E-state index contributed by atoms with van der Waals surface area (Å²) in [5, 5.41) is 12.9. The number of hydrogen-bond donors (Lipinski definition) is 0. The highest BCUT2D eigenvalue weighted by Gasteiger charge is 2.33. The van der Waals surface area contributed by atoms with E-state index in [9.17, 15) is 14.9 Å². The summed E-state index contributed by atoms with van der Waals surface area (Å²) < 4.78 is 6.61. The first kappa shape index (κ1) is 22.8. The van der Waals surface area contributed by atoms with Gasteiger partial charge in [-0.25, -0.2) is 0 Å². The van der Waals surface area contributed by atoms with Crippen LogP contribution < -0.4 is 9.64 Å². The molecule has 1 aliphatic rings. The lowest BCUT2D eigenvalue weighted by atomic mass is 10.0. The predicted molar refractivity (Wildman–Crippen MR) is 143 cm³/mol. The predicted octanol–water partition coefficient (Wildman–Crippen LogP) is 6.73. The van der Waals surface area contributed by atoms with E-state index in [1.165, 1.54) is 28.8 Å². The van der Waals surface area contributed by atoms with Crippen LogP contribution in [-0.2, 0) is 11.4 Å². The molecule has 4 aromatic rings. The van der Waals surface area contributed by atoms with Gasteiger partial charge in [0.25, 0.3) is 11.6 Å². The van der Waals surface area contributed by atoms with E-state index in [0.717, 1.165) is 27.6 Å². The van der Waals surface area contributed by atoms with E-state index in [1.54, 1.807) is 12.1 Å². The summed E-state index contributed by atoms with van der Waals surface area (Å²) in [5.41, 5.74) is 2.33. The van der Waals surface area contributed by atoms with Crippen molar-refractivity contribution in [1.82, 2.24) is 0 Å². The molecule has 6 nitrogen and oxygen atoms in total. The maximum atomic E-state index is 13.3. The second-order valence-electron chi connectivity index (χ2n) is 7.76. The van der Waals surface area contributed by atoms with Gasteiger partial charge in [0, 0.05) is 17.7 Å². The summed E-state index contributed by atoms with van der Waals surface area (Å²) in [5.74, 6) is 0.424. The molecule has 8 heteroatoms. The first-order valence-corrected chi connectivity index (χ1v) is 11.9. The van der Waals surface area contributed by atoms with Crippen molar-refractivity contribution in [3.63, 3.8) is 0 Å². The van der Waals surface area contributed by atoms with Gasteiger partial charge in [-0.1, -0.05) is 72.5 Å².